The van der Waals surface area contributed by atoms with Gasteiger partial charge in [0.25, 0.3) is 0 Å². The largest absolute Gasteiger partial charge is 0.481 e. The van der Waals surface area contributed by atoms with Crippen molar-refractivity contribution in [3.8, 4) is 0 Å². The molecule has 1 aliphatic rings. The van der Waals surface area contributed by atoms with Crippen molar-refractivity contribution in [3.05, 3.63) is 35.9 Å². The number of benzene rings is 1. The van der Waals surface area contributed by atoms with E-state index >= 15 is 0 Å². The number of ether oxygens (including phenoxy) is 1. The van der Waals surface area contributed by atoms with Gasteiger partial charge < -0.3 is 19.8 Å². The van der Waals surface area contributed by atoms with E-state index in [1.54, 1.807) is 12.1 Å². The molecule has 1 aromatic carbocycles. The van der Waals surface area contributed by atoms with Crippen LogP contribution in [0.2, 0.25) is 0 Å². The number of carboxylic acids is 2. The second kappa shape index (κ2) is 9.02. The van der Waals surface area contributed by atoms with E-state index in [9.17, 15) is 24.3 Å². The summed E-state index contributed by atoms with van der Waals surface area (Å²) in [5.74, 6) is -2.95. The highest BCUT2D eigenvalue weighted by atomic mass is 16.6. The predicted octanol–water partition coefficient (Wildman–Crippen LogP) is 1.17. The third-order valence-electron chi connectivity index (χ3n) is 4.42. The lowest BCUT2D eigenvalue weighted by Gasteiger charge is -2.40. The molecule has 1 saturated heterocycles. The van der Waals surface area contributed by atoms with Crippen LogP contribution in [0.25, 0.3) is 0 Å². The first-order valence-corrected chi connectivity index (χ1v) is 8.53. The molecule has 146 valence electrons. The predicted molar refractivity (Wildman–Crippen MR) is 92.8 cm³/mol. The molecule has 0 aliphatic carbocycles. The number of amides is 2. The maximum atomic E-state index is 12.6. The van der Waals surface area contributed by atoms with Crippen LogP contribution in [0, 0.1) is 0 Å². The monoisotopic (exact) mass is 378 g/mol. The average molecular weight is 378 g/mol. The van der Waals surface area contributed by atoms with Crippen molar-refractivity contribution in [1.29, 1.82) is 0 Å². The molecule has 1 fully saturated rings. The Morgan fingerprint density at radius 3 is 2.44 bits per heavy atom. The molecule has 0 saturated carbocycles. The van der Waals surface area contributed by atoms with Crippen molar-refractivity contribution in [2.75, 3.05) is 13.1 Å². The zero-order valence-electron chi connectivity index (χ0n) is 14.9. The molecule has 2 N–H and O–H groups in total. The molecule has 1 aromatic rings. The molecule has 0 aromatic heterocycles. The Balaban J connectivity index is 1.98. The molecule has 1 aliphatic heterocycles. The van der Waals surface area contributed by atoms with Crippen molar-refractivity contribution in [2.24, 2.45) is 0 Å². The summed E-state index contributed by atoms with van der Waals surface area (Å²) in [6.07, 6.45) is -1.21. The van der Waals surface area contributed by atoms with Gasteiger partial charge in [-0.05, 0) is 18.9 Å². The summed E-state index contributed by atoms with van der Waals surface area (Å²) in [5.41, 5.74) is 0.808. The van der Waals surface area contributed by atoms with Crippen LogP contribution in [0.15, 0.2) is 30.3 Å². The molecule has 2 unspecified atom stereocenters. The molecule has 2 rings (SSSR count). The number of carbonyl (C=O) groups is 4. The number of rotatable bonds is 7. The van der Waals surface area contributed by atoms with Gasteiger partial charge in [-0.3, -0.25) is 14.5 Å². The van der Waals surface area contributed by atoms with Crippen molar-refractivity contribution >= 4 is 23.9 Å². The van der Waals surface area contributed by atoms with Gasteiger partial charge in [-0.15, -0.1) is 0 Å². The van der Waals surface area contributed by atoms with Crippen LogP contribution in [0.5, 0.6) is 0 Å². The SMILES string of the molecule is CC1C(=O)N(C(CCC(=O)O)C(=O)O)CCN1C(=O)OCc1ccccc1. The molecule has 1 heterocycles. The highest BCUT2D eigenvalue weighted by molar-refractivity contribution is 5.90. The van der Waals surface area contributed by atoms with Crippen LogP contribution in [0.1, 0.15) is 25.3 Å². The lowest BCUT2D eigenvalue weighted by Crippen LogP contribution is -2.61. The summed E-state index contributed by atoms with van der Waals surface area (Å²) in [4.78, 5) is 49.4. The average Bonchev–Trinajstić information content (AvgIpc) is 2.63. The summed E-state index contributed by atoms with van der Waals surface area (Å²) in [6.45, 7) is 1.67. The third-order valence-corrected chi connectivity index (χ3v) is 4.42. The van der Waals surface area contributed by atoms with Crippen LogP contribution >= 0.6 is 0 Å². The molecular formula is C18H22N2O7. The van der Waals surface area contributed by atoms with E-state index in [0.717, 1.165) is 10.5 Å². The highest BCUT2D eigenvalue weighted by Crippen LogP contribution is 2.18. The number of piperazine rings is 1. The van der Waals surface area contributed by atoms with E-state index in [4.69, 9.17) is 9.84 Å². The van der Waals surface area contributed by atoms with Gasteiger partial charge in [0.2, 0.25) is 5.91 Å². The Morgan fingerprint density at radius 2 is 1.85 bits per heavy atom. The first kappa shape index (κ1) is 20.2. The van der Waals surface area contributed by atoms with Crippen LogP contribution in [0.4, 0.5) is 4.79 Å². The summed E-state index contributed by atoms with van der Waals surface area (Å²) in [5, 5.41) is 18.1. The number of nitrogens with zero attached hydrogens (tertiary/aromatic N) is 2. The zero-order chi connectivity index (χ0) is 20.0. The maximum absolute atomic E-state index is 12.6. The van der Waals surface area contributed by atoms with Crippen molar-refractivity contribution in [2.45, 2.75) is 38.5 Å². The lowest BCUT2D eigenvalue weighted by molar-refractivity contribution is -0.156. The van der Waals surface area contributed by atoms with Gasteiger partial charge >= 0.3 is 18.0 Å². The van der Waals surface area contributed by atoms with Gasteiger partial charge in [0.05, 0.1) is 0 Å². The molecule has 27 heavy (non-hydrogen) atoms. The minimum absolute atomic E-state index is 0.000194. The minimum Gasteiger partial charge on any atom is -0.481 e. The van der Waals surface area contributed by atoms with Gasteiger partial charge in [-0.2, -0.15) is 0 Å². The lowest BCUT2D eigenvalue weighted by atomic mass is 10.1. The molecule has 9 heteroatoms. The Bertz CT molecular complexity index is 707. The first-order valence-electron chi connectivity index (χ1n) is 8.53. The summed E-state index contributed by atoms with van der Waals surface area (Å²) >= 11 is 0. The minimum atomic E-state index is -1.27. The Labute approximate surface area is 156 Å². The van der Waals surface area contributed by atoms with Gasteiger partial charge in [0.1, 0.15) is 18.7 Å². The Morgan fingerprint density at radius 1 is 1.19 bits per heavy atom. The fourth-order valence-corrected chi connectivity index (χ4v) is 2.93. The summed E-state index contributed by atoms with van der Waals surface area (Å²) in [6, 6.07) is 6.95. The second-order valence-electron chi connectivity index (χ2n) is 6.23. The molecule has 2 amide bonds. The van der Waals surface area contributed by atoms with Crippen LogP contribution in [-0.2, 0) is 25.7 Å². The van der Waals surface area contributed by atoms with Gasteiger partial charge in [-0.25, -0.2) is 9.59 Å². The fourth-order valence-electron chi connectivity index (χ4n) is 2.93. The van der Waals surface area contributed by atoms with Crippen molar-refractivity contribution in [1.82, 2.24) is 9.80 Å². The van der Waals surface area contributed by atoms with E-state index in [1.807, 2.05) is 18.2 Å². The summed E-state index contributed by atoms with van der Waals surface area (Å²) in [7, 11) is 0. The molecule has 0 spiro atoms. The summed E-state index contributed by atoms with van der Waals surface area (Å²) < 4.78 is 5.23. The second-order valence-corrected chi connectivity index (χ2v) is 6.23. The van der Waals surface area contributed by atoms with Crippen LogP contribution in [-0.4, -0.2) is 69.1 Å². The maximum Gasteiger partial charge on any atom is 0.410 e. The Hall–Kier alpha value is -3.10. The number of aliphatic carboxylic acids is 2. The smallest absolute Gasteiger partial charge is 0.410 e. The van der Waals surface area contributed by atoms with E-state index in [2.05, 4.69) is 0 Å². The van der Waals surface area contributed by atoms with Gasteiger partial charge in [0, 0.05) is 19.5 Å². The van der Waals surface area contributed by atoms with E-state index in [-0.39, 0.29) is 32.5 Å². The van der Waals surface area contributed by atoms with Crippen LogP contribution in [0.3, 0.4) is 0 Å². The number of hydrogen-bond acceptors (Lipinski definition) is 5. The van der Waals surface area contributed by atoms with E-state index in [0.29, 0.717) is 0 Å². The normalized spacial score (nSPS) is 18.1. The topological polar surface area (TPSA) is 124 Å². The molecular weight excluding hydrogens is 356 g/mol. The van der Waals surface area contributed by atoms with Crippen molar-refractivity contribution < 1.29 is 34.1 Å². The number of hydrogen-bond donors (Lipinski definition) is 2. The highest BCUT2D eigenvalue weighted by Gasteiger charge is 2.40. The first-order chi connectivity index (χ1) is 12.8. The molecule has 0 radical (unpaired) electrons. The van der Waals surface area contributed by atoms with E-state index in [1.165, 1.54) is 11.8 Å². The molecule has 0 bridgehead atoms. The molecule has 9 nitrogen and oxygen atoms in total. The zero-order valence-corrected chi connectivity index (χ0v) is 14.9. The third kappa shape index (κ3) is 5.19. The van der Waals surface area contributed by atoms with Crippen LogP contribution < -0.4 is 0 Å². The van der Waals surface area contributed by atoms with Gasteiger partial charge in [-0.1, -0.05) is 30.3 Å². The quantitative estimate of drug-likeness (QED) is 0.730. The number of carboxylic acid groups (broad SMARTS) is 2. The van der Waals surface area contributed by atoms with Gasteiger partial charge in [0.15, 0.2) is 0 Å². The number of carbonyl (C=O) groups excluding carboxylic acids is 2. The fraction of sp³-hybridized carbons (Fsp3) is 0.444. The Kier molecular flexibility index (Phi) is 6.75. The standard InChI is InChI=1S/C18H22N2O7/c1-12-16(23)20(14(17(24)25)7-8-15(21)22)10-9-19(12)18(26)27-11-13-5-3-2-4-6-13/h2-6,12,14H,7-11H2,1H3,(H,21,22)(H,24,25). The van der Waals surface area contributed by atoms with Crippen molar-refractivity contribution in [3.63, 3.8) is 0 Å². The molecule has 2 atom stereocenters. The van der Waals surface area contributed by atoms with E-state index < -0.39 is 36.0 Å².